The zero-order chi connectivity index (χ0) is 22.4. The van der Waals surface area contributed by atoms with Gasteiger partial charge in [-0.1, -0.05) is 0 Å². The van der Waals surface area contributed by atoms with E-state index in [2.05, 4.69) is 11.0 Å². The molecule has 8 heteroatoms. The Hall–Kier alpha value is -1.95. The molecule has 0 saturated heterocycles. The summed E-state index contributed by atoms with van der Waals surface area (Å²) in [6.45, 7) is 6.13. The maximum atomic E-state index is 12.6. The zero-order valence-electron chi connectivity index (χ0n) is 18.1. The number of amides is 2. The lowest BCUT2D eigenvalue weighted by Crippen LogP contribution is -2.39. The van der Waals surface area contributed by atoms with Crippen LogP contribution in [-0.4, -0.2) is 41.8 Å². The Kier molecular flexibility index (Phi) is 8.42. The number of allylic oxidation sites excluding steroid dienone is 1. The molecule has 170 valence electrons. The lowest BCUT2D eigenvalue weighted by Gasteiger charge is -2.30. The average Bonchev–Trinajstić information content (AvgIpc) is 2.64. The number of nitrogens with zero attached hydrogens (tertiary/aromatic N) is 1. The third-order valence-corrected chi connectivity index (χ3v) is 5.34. The molecule has 1 heterocycles. The summed E-state index contributed by atoms with van der Waals surface area (Å²) in [6, 6.07) is 0. The van der Waals surface area contributed by atoms with Crippen LogP contribution in [0.2, 0.25) is 0 Å². The Bertz CT molecular complexity index is 668. The second-order valence-corrected chi connectivity index (χ2v) is 9.21. The van der Waals surface area contributed by atoms with Gasteiger partial charge in [0.15, 0.2) is 0 Å². The van der Waals surface area contributed by atoms with Gasteiger partial charge in [0, 0.05) is 31.8 Å². The second kappa shape index (κ2) is 10.4. The number of rotatable bonds is 2. The summed E-state index contributed by atoms with van der Waals surface area (Å²) in [5.74, 6) is -0.553. The van der Waals surface area contributed by atoms with Gasteiger partial charge in [0.1, 0.15) is 5.60 Å². The molecule has 0 aromatic carbocycles. The first-order chi connectivity index (χ1) is 13.9. The highest BCUT2D eigenvalue weighted by Gasteiger charge is 2.34. The Morgan fingerprint density at radius 3 is 2.47 bits per heavy atom. The fraction of sp³-hybridized carbons (Fsp3) is 0.773. The molecule has 5 nitrogen and oxygen atoms in total. The summed E-state index contributed by atoms with van der Waals surface area (Å²) >= 11 is 0. The Balaban J connectivity index is 1.95. The van der Waals surface area contributed by atoms with Crippen molar-refractivity contribution in [2.24, 2.45) is 11.8 Å². The van der Waals surface area contributed by atoms with E-state index in [0.29, 0.717) is 50.8 Å². The molecular weight excluding hydrogens is 397 g/mol. The quantitative estimate of drug-likeness (QED) is 0.603. The lowest BCUT2D eigenvalue weighted by atomic mass is 9.79. The first-order valence-electron chi connectivity index (χ1n) is 10.7. The van der Waals surface area contributed by atoms with E-state index in [1.165, 1.54) is 0 Å². The van der Waals surface area contributed by atoms with Gasteiger partial charge in [0.2, 0.25) is 5.91 Å². The summed E-state index contributed by atoms with van der Waals surface area (Å²) in [5.41, 5.74) is 3.22. The Morgan fingerprint density at radius 1 is 1.20 bits per heavy atom. The molecule has 0 aromatic heterocycles. The number of ether oxygens (including phenoxy) is 1. The van der Waals surface area contributed by atoms with Gasteiger partial charge in [-0.05, 0) is 71.3 Å². The molecule has 0 atom stereocenters. The number of halogens is 3. The molecule has 2 amide bonds. The summed E-state index contributed by atoms with van der Waals surface area (Å²) in [4.78, 5) is 26.4. The fourth-order valence-electron chi connectivity index (χ4n) is 3.87. The lowest BCUT2D eigenvalue weighted by molar-refractivity contribution is -0.146. The third kappa shape index (κ3) is 8.82. The summed E-state index contributed by atoms with van der Waals surface area (Å²) in [5, 5.41) is 2.89. The van der Waals surface area contributed by atoms with Gasteiger partial charge in [-0.2, -0.15) is 13.2 Å². The molecule has 0 radical (unpaired) electrons. The molecule has 2 rings (SSSR count). The van der Waals surface area contributed by atoms with E-state index in [1.807, 2.05) is 6.08 Å². The summed E-state index contributed by atoms with van der Waals surface area (Å²) < 4.78 is 43.3. The highest BCUT2D eigenvalue weighted by molar-refractivity contribution is 5.78. The molecule has 2 aliphatic rings. The van der Waals surface area contributed by atoms with Crippen LogP contribution in [0.1, 0.15) is 72.1 Å². The van der Waals surface area contributed by atoms with Gasteiger partial charge < -0.3 is 15.0 Å². The zero-order valence-corrected chi connectivity index (χ0v) is 18.1. The van der Waals surface area contributed by atoms with Crippen molar-refractivity contribution in [1.29, 1.82) is 0 Å². The molecule has 1 saturated carbocycles. The van der Waals surface area contributed by atoms with Crippen molar-refractivity contribution in [2.45, 2.75) is 83.9 Å². The minimum absolute atomic E-state index is 0.0115. The maximum absolute atomic E-state index is 12.6. The van der Waals surface area contributed by atoms with Gasteiger partial charge in [-0.3, -0.25) is 4.79 Å². The van der Waals surface area contributed by atoms with Gasteiger partial charge in [0.25, 0.3) is 0 Å². The minimum Gasteiger partial charge on any atom is -0.444 e. The van der Waals surface area contributed by atoms with Crippen LogP contribution in [0.3, 0.4) is 0 Å². The first-order valence-corrected chi connectivity index (χ1v) is 10.7. The van der Waals surface area contributed by atoms with Crippen molar-refractivity contribution in [1.82, 2.24) is 10.2 Å². The number of hydrogen-bond donors (Lipinski definition) is 1. The van der Waals surface area contributed by atoms with E-state index in [-0.39, 0.29) is 30.7 Å². The Morgan fingerprint density at radius 2 is 1.87 bits per heavy atom. The van der Waals surface area contributed by atoms with Crippen molar-refractivity contribution in [3.63, 3.8) is 0 Å². The molecule has 1 N–H and O–H groups in total. The van der Waals surface area contributed by atoms with E-state index in [4.69, 9.17) is 4.74 Å². The van der Waals surface area contributed by atoms with Gasteiger partial charge in [-0.15, -0.1) is 5.73 Å². The first kappa shape index (κ1) is 24.3. The van der Waals surface area contributed by atoms with Gasteiger partial charge >= 0.3 is 12.3 Å². The smallest absolute Gasteiger partial charge is 0.410 e. The predicted molar refractivity (Wildman–Crippen MR) is 108 cm³/mol. The van der Waals surface area contributed by atoms with Crippen molar-refractivity contribution in [3.05, 3.63) is 17.5 Å². The Labute approximate surface area is 176 Å². The maximum Gasteiger partial charge on any atom is 0.410 e. The third-order valence-electron chi connectivity index (χ3n) is 5.34. The van der Waals surface area contributed by atoms with Crippen molar-refractivity contribution in [3.8, 4) is 0 Å². The number of carbonyl (C=O) groups is 2. The van der Waals surface area contributed by atoms with Gasteiger partial charge in [-0.25, -0.2) is 4.79 Å². The average molecular weight is 431 g/mol. The second-order valence-electron chi connectivity index (χ2n) is 9.21. The van der Waals surface area contributed by atoms with Crippen LogP contribution in [0, 0.1) is 11.8 Å². The number of alkyl halides is 3. The van der Waals surface area contributed by atoms with Crippen molar-refractivity contribution >= 4 is 12.0 Å². The number of nitrogens with one attached hydrogen (secondary N) is 1. The van der Waals surface area contributed by atoms with Crippen LogP contribution < -0.4 is 5.32 Å². The molecular formula is C22H33F3N2O3. The molecule has 1 aliphatic carbocycles. The molecule has 0 aromatic rings. The van der Waals surface area contributed by atoms with E-state index in [1.54, 1.807) is 25.7 Å². The van der Waals surface area contributed by atoms with Crippen LogP contribution >= 0.6 is 0 Å². The fourth-order valence-corrected chi connectivity index (χ4v) is 3.87. The van der Waals surface area contributed by atoms with E-state index in [0.717, 1.165) is 0 Å². The summed E-state index contributed by atoms with van der Waals surface area (Å²) in [6.07, 6.45) is 0.297. The topological polar surface area (TPSA) is 58.6 Å². The highest BCUT2D eigenvalue weighted by Crippen LogP contribution is 2.38. The van der Waals surface area contributed by atoms with Crippen LogP contribution in [0.4, 0.5) is 18.0 Å². The molecule has 1 fully saturated rings. The van der Waals surface area contributed by atoms with Gasteiger partial charge in [0.05, 0.1) is 5.70 Å². The standard InChI is InChI=1S/C22H33F3N2O3/c1-21(2,3)30-20(29)27-13-6-4-5-7-18(26-19(28)12-14-27)17-10-8-16(9-11-17)15-22(23,24)25/h5,16-17H,4,6,8-15H2,1-3H3,(H,26,28)/t7?,16-,17-. The molecule has 0 spiro atoms. The summed E-state index contributed by atoms with van der Waals surface area (Å²) in [7, 11) is 0. The number of hydrogen-bond acceptors (Lipinski definition) is 3. The van der Waals surface area contributed by atoms with Crippen LogP contribution in [0.25, 0.3) is 0 Å². The van der Waals surface area contributed by atoms with Crippen molar-refractivity contribution in [2.75, 3.05) is 13.1 Å². The van der Waals surface area contributed by atoms with E-state index in [9.17, 15) is 22.8 Å². The monoisotopic (exact) mass is 430 g/mol. The molecule has 0 bridgehead atoms. The highest BCUT2D eigenvalue weighted by atomic mass is 19.4. The van der Waals surface area contributed by atoms with Crippen LogP contribution in [-0.2, 0) is 9.53 Å². The van der Waals surface area contributed by atoms with Crippen molar-refractivity contribution < 1.29 is 27.5 Å². The normalized spacial score (nSPS) is 24.5. The SMILES string of the molecule is CC(C)(C)OC(=O)N1CCCC=C=C([C@H]2CC[C@H](CC(F)(F)F)CC2)NC(=O)CC1. The molecule has 30 heavy (non-hydrogen) atoms. The molecule has 1 aliphatic heterocycles. The van der Waals surface area contributed by atoms with E-state index >= 15 is 0 Å². The number of carbonyl (C=O) groups excluding carboxylic acids is 2. The van der Waals surface area contributed by atoms with Crippen LogP contribution in [0.15, 0.2) is 17.5 Å². The predicted octanol–water partition coefficient (Wildman–Crippen LogP) is 5.32. The minimum atomic E-state index is -4.13. The largest absolute Gasteiger partial charge is 0.444 e. The molecule has 0 unspecified atom stereocenters. The van der Waals surface area contributed by atoms with Crippen LogP contribution in [0.5, 0.6) is 0 Å². The van der Waals surface area contributed by atoms with E-state index < -0.39 is 24.3 Å².